The zero-order valence-corrected chi connectivity index (χ0v) is 15.2. The SMILES string of the molecule is Cc1ccc(O[C@H](C)C(=O)N[C@@H]2CC(C)(C)Oc3ccccc32)cc1. The lowest BCUT2D eigenvalue weighted by atomic mass is 9.89. The molecular formula is C21H25NO3. The molecule has 1 aliphatic rings. The Hall–Kier alpha value is -2.49. The van der Waals surface area contributed by atoms with Crippen molar-refractivity contribution >= 4 is 5.91 Å². The van der Waals surface area contributed by atoms with Crippen LogP contribution in [-0.2, 0) is 4.79 Å². The summed E-state index contributed by atoms with van der Waals surface area (Å²) in [5.41, 5.74) is 1.84. The van der Waals surface area contributed by atoms with Crippen molar-refractivity contribution in [3.8, 4) is 11.5 Å². The summed E-state index contributed by atoms with van der Waals surface area (Å²) in [6.07, 6.45) is 0.147. The first kappa shape index (κ1) is 17.3. The minimum atomic E-state index is -0.569. The molecule has 4 heteroatoms. The summed E-state index contributed by atoms with van der Waals surface area (Å²) in [4.78, 5) is 12.6. The lowest BCUT2D eigenvalue weighted by Gasteiger charge is -2.38. The van der Waals surface area contributed by atoms with Crippen molar-refractivity contribution in [3.63, 3.8) is 0 Å². The first-order valence-corrected chi connectivity index (χ1v) is 8.66. The van der Waals surface area contributed by atoms with Crippen LogP contribution in [0.3, 0.4) is 0 Å². The van der Waals surface area contributed by atoms with Gasteiger partial charge in [0.2, 0.25) is 0 Å². The highest BCUT2D eigenvalue weighted by Gasteiger charge is 2.35. The quantitative estimate of drug-likeness (QED) is 0.909. The first-order chi connectivity index (χ1) is 11.8. The maximum absolute atomic E-state index is 12.6. The van der Waals surface area contributed by atoms with Crippen LogP contribution in [0.1, 0.15) is 44.4 Å². The van der Waals surface area contributed by atoms with E-state index in [-0.39, 0.29) is 17.6 Å². The second kappa shape index (κ2) is 6.79. The molecule has 1 N–H and O–H groups in total. The third kappa shape index (κ3) is 4.13. The second-order valence-corrected chi connectivity index (χ2v) is 7.24. The molecule has 0 saturated heterocycles. The van der Waals surface area contributed by atoms with Gasteiger partial charge in [-0.25, -0.2) is 0 Å². The molecule has 132 valence electrons. The number of ether oxygens (including phenoxy) is 2. The van der Waals surface area contributed by atoms with Crippen LogP contribution in [0.2, 0.25) is 0 Å². The van der Waals surface area contributed by atoms with E-state index >= 15 is 0 Å². The fourth-order valence-corrected chi connectivity index (χ4v) is 3.09. The van der Waals surface area contributed by atoms with Crippen molar-refractivity contribution in [1.82, 2.24) is 5.32 Å². The average Bonchev–Trinajstić information content (AvgIpc) is 2.56. The van der Waals surface area contributed by atoms with Gasteiger partial charge in [-0.1, -0.05) is 35.9 Å². The van der Waals surface area contributed by atoms with Gasteiger partial charge >= 0.3 is 0 Å². The maximum Gasteiger partial charge on any atom is 0.261 e. The number of aryl methyl sites for hydroxylation is 1. The van der Waals surface area contributed by atoms with Crippen LogP contribution in [0.25, 0.3) is 0 Å². The van der Waals surface area contributed by atoms with Gasteiger partial charge in [0.25, 0.3) is 5.91 Å². The summed E-state index contributed by atoms with van der Waals surface area (Å²) >= 11 is 0. The summed E-state index contributed by atoms with van der Waals surface area (Å²) in [7, 11) is 0. The van der Waals surface area contributed by atoms with E-state index in [0.29, 0.717) is 12.2 Å². The normalized spacial score (nSPS) is 19.3. The molecule has 0 aromatic heterocycles. The number of rotatable bonds is 4. The summed E-state index contributed by atoms with van der Waals surface area (Å²) in [6, 6.07) is 15.5. The smallest absolute Gasteiger partial charge is 0.261 e. The van der Waals surface area contributed by atoms with E-state index in [1.807, 2.05) is 69.3 Å². The Labute approximate surface area is 149 Å². The molecule has 0 radical (unpaired) electrons. The van der Waals surface area contributed by atoms with Crippen LogP contribution in [0.15, 0.2) is 48.5 Å². The average molecular weight is 339 g/mol. The Morgan fingerprint density at radius 3 is 2.60 bits per heavy atom. The van der Waals surface area contributed by atoms with Gasteiger partial charge in [-0.3, -0.25) is 4.79 Å². The molecule has 1 amide bonds. The predicted molar refractivity (Wildman–Crippen MR) is 97.9 cm³/mol. The van der Waals surface area contributed by atoms with E-state index in [9.17, 15) is 4.79 Å². The molecule has 0 bridgehead atoms. The molecule has 25 heavy (non-hydrogen) atoms. The molecule has 1 heterocycles. The van der Waals surface area contributed by atoms with E-state index in [2.05, 4.69) is 5.32 Å². The predicted octanol–water partition coefficient (Wildman–Crippen LogP) is 4.18. The fourth-order valence-electron chi connectivity index (χ4n) is 3.09. The van der Waals surface area contributed by atoms with E-state index in [1.54, 1.807) is 6.92 Å². The van der Waals surface area contributed by atoms with Crippen LogP contribution < -0.4 is 14.8 Å². The monoisotopic (exact) mass is 339 g/mol. The highest BCUT2D eigenvalue weighted by molar-refractivity contribution is 5.81. The van der Waals surface area contributed by atoms with Gasteiger partial charge in [0.1, 0.15) is 17.1 Å². The number of fused-ring (bicyclic) bond motifs is 1. The number of para-hydroxylation sites is 1. The lowest BCUT2D eigenvalue weighted by molar-refractivity contribution is -0.128. The Bertz CT molecular complexity index is 752. The molecule has 0 spiro atoms. The Balaban J connectivity index is 1.70. The van der Waals surface area contributed by atoms with Crippen LogP contribution in [0.5, 0.6) is 11.5 Å². The number of amides is 1. The molecule has 2 atom stereocenters. The number of hydrogen-bond donors (Lipinski definition) is 1. The molecule has 3 rings (SSSR count). The van der Waals surface area contributed by atoms with Crippen molar-refractivity contribution < 1.29 is 14.3 Å². The molecular weight excluding hydrogens is 314 g/mol. The van der Waals surface area contributed by atoms with Crippen molar-refractivity contribution in [2.24, 2.45) is 0 Å². The minimum absolute atomic E-state index is 0.0866. The summed E-state index contributed by atoms with van der Waals surface area (Å²) in [5, 5.41) is 3.12. The van der Waals surface area contributed by atoms with Crippen LogP contribution in [0.4, 0.5) is 0 Å². The van der Waals surface area contributed by atoms with Crippen molar-refractivity contribution in [2.75, 3.05) is 0 Å². The van der Waals surface area contributed by atoms with Crippen molar-refractivity contribution in [3.05, 3.63) is 59.7 Å². The van der Waals surface area contributed by atoms with Gasteiger partial charge in [0.15, 0.2) is 6.10 Å². The third-order valence-corrected chi connectivity index (χ3v) is 4.40. The van der Waals surface area contributed by atoms with Gasteiger partial charge < -0.3 is 14.8 Å². The van der Waals surface area contributed by atoms with Crippen molar-refractivity contribution in [1.29, 1.82) is 0 Å². The topological polar surface area (TPSA) is 47.6 Å². The number of carbonyl (C=O) groups excluding carboxylic acids is 1. The molecule has 2 aromatic carbocycles. The molecule has 2 aromatic rings. The van der Waals surface area contributed by atoms with Gasteiger partial charge in [0, 0.05) is 12.0 Å². The number of nitrogens with one attached hydrogen (secondary N) is 1. The Morgan fingerprint density at radius 2 is 1.88 bits per heavy atom. The van der Waals surface area contributed by atoms with Crippen molar-refractivity contribution in [2.45, 2.75) is 51.9 Å². The summed E-state index contributed by atoms with van der Waals surface area (Å²) in [6.45, 7) is 7.86. The van der Waals surface area contributed by atoms with E-state index < -0.39 is 6.10 Å². The molecule has 0 unspecified atom stereocenters. The second-order valence-electron chi connectivity index (χ2n) is 7.24. The van der Waals surface area contributed by atoms with Crippen LogP contribution in [0, 0.1) is 6.92 Å². The number of benzene rings is 2. The molecule has 0 saturated carbocycles. The minimum Gasteiger partial charge on any atom is -0.487 e. The highest BCUT2D eigenvalue weighted by atomic mass is 16.5. The molecule has 1 aliphatic heterocycles. The highest BCUT2D eigenvalue weighted by Crippen LogP contribution is 2.39. The number of hydrogen-bond acceptors (Lipinski definition) is 3. The van der Waals surface area contributed by atoms with Gasteiger partial charge in [-0.2, -0.15) is 0 Å². The Morgan fingerprint density at radius 1 is 1.20 bits per heavy atom. The fraction of sp³-hybridized carbons (Fsp3) is 0.381. The van der Waals surface area contributed by atoms with Gasteiger partial charge in [0.05, 0.1) is 6.04 Å². The Kier molecular flexibility index (Phi) is 4.71. The molecule has 0 fully saturated rings. The third-order valence-electron chi connectivity index (χ3n) is 4.40. The standard InChI is InChI=1S/C21H25NO3/c1-14-9-11-16(12-10-14)24-15(2)20(23)22-18-13-21(3,4)25-19-8-6-5-7-17(18)19/h5-12,15,18H,13H2,1-4H3,(H,22,23)/t15-,18-/m1/s1. The maximum atomic E-state index is 12.6. The summed E-state index contributed by atoms with van der Waals surface area (Å²) < 4.78 is 11.8. The zero-order valence-electron chi connectivity index (χ0n) is 15.2. The van der Waals surface area contributed by atoms with Gasteiger partial charge in [-0.15, -0.1) is 0 Å². The number of carbonyl (C=O) groups is 1. The molecule has 4 nitrogen and oxygen atoms in total. The molecule has 0 aliphatic carbocycles. The van der Waals surface area contributed by atoms with E-state index in [4.69, 9.17) is 9.47 Å². The first-order valence-electron chi connectivity index (χ1n) is 8.66. The zero-order chi connectivity index (χ0) is 18.0. The van der Waals surface area contributed by atoms with Crippen LogP contribution in [-0.4, -0.2) is 17.6 Å². The largest absolute Gasteiger partial charge is 0.487 e. The van der Waals surface area contributed by atoms with Crippen LogP contribution >= 0.6 is 0 Å². The van der Waals surface area contributed by atoms with E-state index in [0.717, 1.165) is 16.9 Å². The summed E-state index contributed by atoms with van der Waals surface area (Å²) in [5.74, 6) is 1.40. The lowest BCUT2D eigenvalue weighted by Crippen LogP contribution is -2.44. The van der Waals surface area contributed by atoms with Gasteiger partial charge in [-0.05, 0) is 45.9 Å². The van der Waals surface area contributed by atoms with E-state index in [1.165, 1.54) is 0 Å².